The fraction of sp³-hybridized carbons (Fsp3) is 0.515. The van der Waals surface area contributed by atoms with Gasteiger partial charge in [-0.25, -0.2) is 4.79 Å². The average Bonchev–Trinajstić information content (AvgIpc) is 3.22. The summed E-state index contributed by atoms with van der Waals surface area (Å²) in [5, 5.41) is 8.89. The molecule has 2 aromatic rings. The molecule has 1 aliphatic carbocycles. The summed E-state index contributed by atoms with van der Waals surface area (Å²) in [7, 11) is 4.63. The Hall–Kier alpha value is -4.48. The van der Waals surface area contributed by atoms with Crippen LogP contribution in [0.4, 0.5) is 10.5 Å². The number of methoxy groups -OCH3 is 3. The highest BCUT2D eigenvalue weighted by Gasteiger charge is 2.30. The minimum atomic E-state index is -0.583. The van der Waals surface area contributed by atoms with Crippen LogP contribution in [-0.4, -0.2) is 75.4 Å². The molecule has 1 heterocycles. The first-order valence-electron chi connectivity index (χ1n) is 15.1. The molecule has 244 valence electrons. The first-order valence-corrected chi connectivity index (χ1v) is 15.1. The largest absolute Gasteiger partial charge is 0.493 e. The monoisotopic (exact) mass is 624 g/mol. The molecule has 3 N–H and O–H groups in total. The number of carbonyl (C=O) groups excluding carboxylic acids is 3. The van der Waals surface area contributed by atoms with E-state index < -0.39 is 17.7 Å². The normalized spacial score (nSPS) is 16.3. The van der Waals surface area contributed by atoms with Crippen LogP contribution in [0.5, 0.6) is 17.2 Å². The van der Waals surface area contributed by atoms with Gasteiger partial charge in [-0.3, -0.25) is 14.4 Å². The van der Waals surface area contributed by atoms with Gasteiger partial charge in [0.25, 0.3) is 0 Å². The Balaban J connectivity index is 1.57. The minimum absolute atomic E-state index is 0.0753. The van der Waals surface area contributed by atoms with Crippen molar-refractivity contribution in [1.29, 1.82) is 0 Å². The zero-order valence-electron chi connectivity index (χ0n) is 27.1. The molecule has 1 atom stereocenters. The van der Waals surface area contributed by atoms with Crippen LogP contribution in [0.1, 0.15) is 64.1 Å². The van der Waals surface area contributed by atoms with E-state index in [1.807, 2.05) is 32.9 Å². The van der Waals surface area contributed by atoms with Gasteiger partial charge in [0, 0.05) is 31.6 Å². The summed E-state index contributed by atoms with van der Waals surface area (Å²) in [6.07, 6.45) is 1.87. The van der Waals surface area contributed by atoms with E-state index in [9.17, 15) is 19.2 Å². The van der Waals surface area contributed by atoms with E-state index in [1.54, 1.807) is 25.2 Å². The molecule has 4 rings (SSSR count). The smallest absolute Gasteiger partial charge is 0.407 e. The Labute approximate surface area is 263 Å². The molecule has 12 heteroatoms. The standard InChI is InChI=1S/C33H44N4O8/c1-19(38)35-24-10-8-20-16-27(42-5)30(43-6)31(44-7)29(20)22-9-11-25(26(39)17-23(22)24)34-18-28(40)37-14-12-21(13-15-37)36-32(41)45-33(2,3)4/h9,11,16-17,21,24H,8,10,12-15,18H2,1-7H3,(H,34,39)(H,35,38)(H,36,41). The fourth-order valence-corrected chi connectivity index (χ4v) is 5.88. The summed E-state index contributed by atoms with van der Waals surface area (Å²) in [4.78, 5) is 52.6. The third kappa shape index (κ3) is 7.98. The zero-order chi connectivity index (χ0) is 32.9. The molecule has 1 saturated heterocycles. The molecule has 1 fully saturated rings. The van der Waals surface area contributed by atoms with Crippen molar-refractivity contribution in [3.8, 4) is 28.4 Å². The molecular weight excluding hydrogens is 580 g/mol. The third-order valence-corrected chi connectivity index (χ3v) is 7.91. The summed E-state index contributed by atoms with van der Waals surface area (Å²) in [6, 6.07) is 6.36. The van der Waals surface area contributed by atoms with Gasteiger partial charge in [-0.1, -0.05) is 6.07 Å². The van der Waals surface area contributed by atoms with Crippen LogP contribution in [0.15, 0.2) is 29.1 Å². The van der Waals surface area contributed by atoms with E-state index >= 15 is 0 Å². The molecule has 0 spiro atoms. The summed E-state index contributed by atoms with van der Waals surface area (Å²) in [6.45, 7) is 7.74. The molecule has 0 radical (unpaired) electrons. The van der Waals surface area contributed by atoms with E-state index in [0.29, 0.717) is 67.1 Å². The zero-order valence-corrected chi connectivity index (χ0v) is 27.1. The first-order chi connectivity index (χ1) is 21.3. The van der Waals surface area contributed by atoms with Crippen molar-refractivity contribution in [2.24, 2.45) is 0 Å². The van der Waals surface area contributed by atoms with Gasteiger partial charge in [-0.2, -0.15) is 0 Å². The van der Waals surface area contributed by atoms with Crippen molar-refractivity contribution in [3.05, 3.63) is 45.6 Å². The van der Waals surface area contributed by atoms with Gasteiger partial charge in [0.15, 0.2) is 11.5 Å². The summed E-state index contributed by atoms with van der Waals surface area (Å²) in [5.74, 6) is 1.03. The summed E-state index contributed by atoms with van der Waals surface area (Å²) >= 11 is 0. The number of benzene rings is 1. The maximum Gasteiger partial charge on any atom is 0.407 e. The average molecular weight is 625 g/mol. The maximum atomic E-state index is 13.5. The third-order valence-electron chi connectivity index (χ3n) is 7.91. The van der Waals surface area contributed by atoms with Gasteiger partial charge in [0.05, 0.1) is 39.6 Å². The molecular formula is C33H44N4O8. The first kappa shape index (κ1) is 33.4. The lowest BCUT2D eigenvalue weighted by Crippen LogP contribution is -2.48. The number of piperidine rings is 1. The number of nitrogens with zero attached hydrogens (tertiary/aromatic N) is 1. The van der Waals surface area contributed by atoms with Crippen molar-refractivity contribution in [1.82, 2.24) is 15.5 Å². The molecule has 12 nitrogen and oxygen atoms in total. The van der Waals surface area contributed by atoms with Gasteiger partial charge in [0.1, 0.15) is 5.60 Å². The van der Waals surface area contributed by atoms with E-state index in [1.165, 1.54) is 20.1 Å². The van der Waals surface area contributed by atoms with Crippen molar-refractivity contribution >= 4 is 23.6 Å². The van der Waals surface area contributed by atoms with E-state index in [0.717, 1.165) is 11.1 Å². The summed E-state index contributed by atoms with van der Waals surface area (Å²) in [5.41, 5.74) is 2.36. The van der Waals surface area contributed by atoms with Crippen LogP contribution in [0, 0.1) is 0 Å². The number of rotatable bonds is 8. The highest BCUT2D eigenvalue weighted by molar-refractivity contribution is 5.84. The number of likely N-dealkylation sites (tertiary alicyclic amines) is 1. The van der Waals surface area contributed by atoms with Crippen LogP contribution < -0.4 is 35.6 Å². The maximum absolute atomic E-state index is 13.5. The van der Waals surface area contributed by atoms with Gasteiger partial charge in [0.2, 0.25) is 23.0 Å². The minimum Gasteiger partial charge on any atom is -0.493 e. The number of anilines is 1. The lowest BCUT2D eigenvalue weighted by molar-refractivity contribution is -0.130. The van der Waals surface area contributed by atoms with Gasteiger partial charge in [-0.15, -0.1) is 0 Å². The van der Waals surface area contributed by atoms with Crippen molar-refractivity contribution in [2.75, 3.05) is 46.3 Å². The Kier molecular flexibility index (Phi) is 10.5. The predicted octanol–water partition coefficient (Wildman–Crippen LogP) is 3.79. The van der Waals surface area contributed by atoms with Crippen molar-refractivity contribution < 1.29 is 33.3 Å². The second-order valence-electron chi connectivity index (χ2n) is 12.3. The topological polar surface area (TPSA) is 145 Å². The number of hydrogen-bond donors (Lipinski definition) is 3. The van der Waals surface area contributed by atoms with Crippen molar-refractivity contribution in [2.45, 2.75) is 71.1 Å². The van der Waals surface area contributed by atoms with Crippen LogP contribution in [-0.2, 0) is 20.7 Å². The predicted molar refractivity (Wildman–Crippen MR) is 170 cm³/mol. The number of alkyl carbamates (subject to hydrolysis) is 1. The second kappa shape index (κ2) is 14.1. The molecule has 0 aromatic heterocycles. The van der Waals surface area contributed by atoms with Crippen LogP contribution in [0.2, 0.25) is 0 Å². The van der Waals surface area contributed by atoms with Gasteiger partial charge < -0.3 is 39.8 Å². The quantitative estimate of drug-likeness (QED) is 0.400. The Morgan fingerprint density at radius 3 is 2.22 bits per heavy atom. The fourth-order valence-electron chi connectivity index (χ4n) is 5.88. The molecule has 1 unspecified atom stereocenters. The number of hydrogen-bond acceptors (Lipinski definition) is 9. The molecule has 2 aliphatic rings. The lowest BCUT2D eigenvalue weighted by Gasteiger charge is -2.33. The highest BCUT2D eigenvalue weighted by atomic mass is 16.6. The number of aryl methyl sites for hydroxylation is 1. The molecule has 45 heavy (non-hydrogen) atoms. The lowest BCUT2D eigenvalue weighted by atomic mass is 9.95. The van der Waals surface area contributed by atoms with E-state index in [2.05, 4.69) is 16.0 Å². The molecule has 0 bridgehead atoms. The Bertz CT molecular complexity index is 1500. The molecule has 0 saturated carbocycles. The van der Waals surface area contributed by atoms with Crippen LogP contribution in [0.25, 0.3) is 11.1 Å². The SMILES string of the molecule is COc1cc2c(c(OC)c1OC)-c1ccc(NCC(=O)N3CCC(NC(=O)OC(C)(C)C)CC3)c(=O)cc1C(NC(C)=O)CC2. The number of nitrogens with one attached hydrogen (secondary N) is 3. The van der Waals surface area contributed by atoms with E-state index in [4.69, 9.17) is 18.9 Å². The molecule has 3 amide bonds. The van der Waals surface area contributed by atoms with Crippen molar-refractivity contribution in [3.63, 3.8) is 0 Å². The van der Waals surface area contributed by atoms with Gasteiger partial charge in [-0.05, 0) is 81.3 Å². The van der Waals surface area contributed by atoms with Crippen LogP contribution >= 0.6 is 0 Å². The van der Waals surface area contributed by atoms with E-state index in [-0.39, 0.29) is 35.5 Å². The number of carbonyl (C=O) groups is 3. The second-order valence-corrected chi connectivity index (χ2v) is 12.3. The molecule has 1 aliphatic heterocycles. The molecule has 2 aromatic carbocycles. The van der Waals surface area contributed by atoms with Gasteiger partial charge >= 0.3 is 6.09 Å². The number of ether oxygens (including phenoxy) is 4. The highest BCUT2D eigenvalue weighted by Crippen LogP contribution is 2.50. The number of fused-ring (bicyclic) bond motifs is 3. The number of amides is 3. The Morgan fingerprint density at radius 1 is 0.933 bits per heavy atom. The Morgan fingerprint density at radius 2 is 1.62 bits per heavy atom. The van der Waals surface area contributed by atoms with Crippen LogP contribution in [0.3, 0.4) is 0 Å². The summed E-state index contributed by atoms with van der Waals surface area (Å²) < 4.78 is 22.4.